The summed E-state index contributed by atoms with van der Waals surface area (Å²) < 4.78 is 21.4. The lowest BCUT2D eigenvalue weighted by Gasteiger charge is -2.27. The van der Waals surface area contributed by atoms with E-state index in [4.69, 9.17) is 5.11 Å². The van der Waals surface area contributed by atoms with Crippen molar-refractivity contribution in [2.45, 2.75) is 45.6 Å². The third-order valence-electron chi connectivity index (χ3n) is 2.65. The van der Waals surface area contributed by atoms with Gasteiger partial charge >= 0.3 is 13.6 Å². The fourth-order valence-corrected chi connectivity index (χ4v) is 2.31. The number of hydrogen-bond donors (Lipinski definition) is 1. The molecule has 1 atom stereocenters. The highest BCUT2D eigenvalue weighted by atomic mass is 31.1. The van der Waals surface area contributed by atoms with Crippen LogP contribution in [0.15, 0.2) is 0 Å². The summed E-state index contributed by atoms with van der Waals surface area (Å²) in [6.07, 6.45) is 3.43. The molecule has 0 heterocycles. The van der Waals surface area contributed by atoms with Gasteiger partial charge in [-0.25, -0.2) is 9.13 Å². The van der Waals surface area contributed by atoms with E-state index < -0.39 is 19.7 Å². The van der Waals surface area contributed by atoms with Crippen molar-refractivity contribution in [3.8, 4) is 0 Å². The molecule has 5 nitrogen and oxygen atoms in total. The molecule has 6 heteroatoms. The Labute approximate surface area is 103 Å². The molecule has 17 heavy (non-hydrogen) atoms. The van der Waals surface area contributed by atoms with Crippen LogP contribution in [0.1, 0.15) is 39.5 Å². The average Bonchev–Trinajstić information content (AvgIpc) is 2.26. The van der Waals surface area contributed by atoms with Crippen LogP contribution >= 0.6 is 7.68 Å². The predicted octanol–water partition coefficient (Wildman–Crippen LogP) is 2.51. The molecular weight excluding hydrogens is 241 g/mol. The molecule has 0 rings (SSSR count). The largest absolute Gasteiger partial charge is 0.480 e. The number of hydrogen-bond acceptors (Lipinski definition) is 4. The van der Waals surface area contributed by atoms with Crippen LogP contribution in [-0.4, -0.2) is 41.3 Å². The Balaban J connectivity index is 4.59. The second kappa shape index (κ2) is 9.37. The number of carboxylic acids is 1. The van der Waals surface area contributed by atoms with E-state index in [9.17, 15) is 13.9 Å². The van der Waals surface area contributed by atoms with Crippen molar-refractivity contribution in [1.29, 1.82) is 0 Å². The topological polar surface area (TPSA) is 74.7 Å². The molecule has 0 aliphatic heterocycles. The summed E-state index contributed by atoms with van der Waals surface area (Å²) in [5.74, 6) is -1.04. The van der Waals surface area contributed by atoms with E-state index in [1.807, 2.05) is 13.8 Å². The highest BCUT2D eigenvalue weighted by Crippen LogP contribution is 2.13. The summed E-state index contributed by atoms with van der Waals surface area (Å²) in [7, 11) is -2.66. The van der Waals surface area contributed by atoms with Crippen LogP contribution in [0.3, 0.4) is 0 Å². The van der Waals surface area contributed by atoms with Gasteiger partial charge in [-0.05, 0) is 25.9 Å². The molecule has 0 aliphatic rings. The zero-order valence-electron chi connectivity index (χ0n) is 10.6. The lowest BCUT2D eigenvalue weighted by atomic mass is 10.2. The SMILES string of the molecule is CCCCN(CCCC)C(CP(=O)=O)C(=O)O. The van der Waals surface area contributed by atoms with Crippen molar-refractivity contribution in [3.63, 3.8) is 0 Å². The van der Waals surface area contributed by atoms with E-state index in [0.29, 0.717) is 13.1 Å². The molecule has 0 aromatic carbocycles. The minimum Gasteiger partial charge on any atom is -0.480 e. The minimum atomic E-state index is -2.66. The Morgan fingerprint density at radius 3 is 1.94 bits per heavy atom. The van der Waals surface area contributed by atoms with E-state index in [1.54, 1.807) is 4.90 Å². The Hall–Kier alpha value is -0.670. The number of carboxylic acid groups (broad SMARTS) is 1. The molecule has 0 saturated carbocycles. The maximum Gasteiger partial charge on any atom is 0.321 e. The van der Waals surface area contributed by atoms with Crippen LogP contribution in [0.2, 0.25) is 0 Å². The summed E-state index contributed by atoms with van der Waals surface area (Å²) in [6.45, 7) is 5.36. The number of carbonyl (C=O) groups is 1. The van der Waals surface area contributed by atoms with Gasteiger partial charge in [0.05, 0.1) is 6.16 Å². The maximum absolute atomic E-state index is 11.1. The van der Waals surface area contributed by atoms with Gasteiger partial charge in [-0.3, -0.25) is 9.69 Å². The standard InChI is InChI=1S/C11H22NO4P/c1-3-5-7-12(8-6-4-2)10(11(13)14)9-17(15)16/h10H,3-9H2,1-2H3,(H,13,14). The molecular formula is C11H22NO4P. The van der Waals surface area contributed by atoms with Crippen molar-refractivity contribution in [1.82, 2.24) is 4.90 Å². The van der Waals surface area contributed by atoms with Gasteiger partial charge in [0.2, 0.25) is 0 Å². The van der Waals surface area contributed by atoms with Crippen molar-refractivity contribution in [2.24, 2.45) is 0 Å². The van der Waals surface area contributed by atoms with Crippen LogP contribution in [0.4, 0.5) is 0 Å². The van der Waals surface area contributed by atoms with Crippen molar-refractivity contribution >= 4 is 13.6 Å². The summed E-state index contributed by atoms with van der Waals surface area (Å²) in [5.41, 5.74) is 0. The molecule has 0 aromatic heterocycles. The van der Waals surface area contributed by atoms with Gasteiger partial charge in [0.25, 0.3) is 0 Å². The second-order valence-electron chi connectivity index (χ2n) is 4.11. The van der Waals surface area contributed by atoms with Gasteiger partial charge in [-0.1, -0.05) is 26.7 Å². The monoisotopic (exact) mass is 263 g/mol. The number of nitrogens with zero attached hydrogens (tertiary/aromatic N) is 1. The summed E-state index contributed by atoms with van der Waals surface area (Å²) >= 11 is 0. The van der Waals surface area contributed by atoms with Crippen LogP contribution in [0.25, 0.3) is 0 Å². The highest BCUT2D eigenvalue weighted by molar-refractivity contribution is 7.30. The fourth-order valence-electron chi connectivity index (χ4n) is 1.64. The smallest absolute Gasteiger partial charge is 0.321 e. The number of unbranched alkanes of at least 4 members (excludes halogenated alkanes) is 2. The molecule has 0 radical (unpaired) electrons. The Kier molecular flexibility index (Phi) is 9.00. The number of rotatable bonds is 10. The van der Waals surface area contributed by atoms with Crippen LogP contribution in [-0.2, 0) is 13.9 Å². The van der Waals surface area contributed by atoms with Crippen LogP contribution in [0.5, 0.6) is 0 Å². The normalized spacial score (nSPS) is 12.6. The van der Waals surface area contributed by atoms with Gasteiger partial charge in [-0.2, -0.15) is 0 Å². The molecule has 1 N–H and O–H groups in total. The molecule has 1 unspecified atom stereocenters. The molecule has 0 fully saturated rings. The minimum absolute atomic E-state index is 0.294. The summed E-state index contributed by atoms with van der Waals surface area (Å²) in [5, 5.41) is 9.08. The fraction of sp³-hybridized carbons (Fsp3) is 0.909. The quantitative estimate of drug-likeness (QED) is 0.613. The van der Waals surface area contributed by atoms with Gasteiger partial charge in [0.1, 0.15) is 6.04 Å². The first kappa shape index (κ1) is 16.3. The van der Waals surface area contributed by atoms with E-state index >= 15 is 0 Å². The van der Waals surface area contributed by atoms with Gasteiger partial charge < -0.3 is 5.11 Å². The lowest BCUT2D eigenvalue weighted by molar-refractivity contribution is -0.142. The Bertz CT molecular complexity index is 275. The molecule has 100 valence electrons. The molecule has 0 bridgehead atoms. The van der Waals surface area contributed by atoms with Crippen molar-refractivity contribution in [2.75, 3.05) is 19.3 Å². The molecule has 0 saturated heterocycles. The van der Waals surface area contributed by atoms with E-state index in [0.717, 1.165) is 25.7 Å². The summed E-state index contributed by atoms with van der Waals surface area (Å²) in [4.78, 5) is 12.9. The average molecular weight is 263 g/mol. The van der Waals surface area contributed by atoms with Crippen LogP contribution in [0, 0.1) is 0 Å². The third-order valence-corrected chi connectivity index (χ3v) is 3.29. The molecule has 0 aliphatic carbocycles. The lowest BCUT2D eigenvalue weighted by Crippen LogP contribution is -2.43. The van der Waals surface area contributed by atoms with Crippen LogP contribution < -0.4 is 0 Å². The Morgan fingerprint density at radius 1 is 1.18 bits per heavy atom. The van der Waals surface area contributed by atoms with E-state index in [-0.39, 0.29) is 6.16 Å². The molecule has 0 amide bonds. The zero-order chi connectivity index (χ0) is 13.3. The molecule has 0 aromatic rings. The zero-order valence-corrected chi connectivity index (χ0v) is 11.5. The number of aliphatic carboxylic acids is 1. The predicted molar refractivity (Wildman–Crippen MR) is 66.0 cm³/mol. The molecule has 0 spiro atoms. The first-order valence-corrected chi connectivity index (χ1v) is 7.47. The van der Waals surface area contributed by atoms with Crippen molar-refractivity contribution < 1.29 is 19.0 Å². The third kappa shape index (κ3) is 7.29. The van der Waals surface area contributed by atoms with E-state index in [2.05, 4.69) is 0 Å². The van der Waals surface area contributed by atoms with Gasteiger partial charge in [0.15, 0.2) is 0 Å². The Morgan fingerprint density at radius 2 is 1.65 bits per heavy atom. The van der Waals surface area contributed by atoms with Gasteiger partial charge in [0, 0.05) is 0 Å². The van der Waals surface area contributed by atoms with Gasteiger partial charge in [-0.15, -0.1) is 0 Å². The first-order chi connectivity index (χ1) is 8.02. The highest BCUT2D eigenvalue weighted by Gasteiger charge is 2.26. The maximum atomic E-state index is 11.1. The first-order valence-electron chi connectivity index (χ1n) is 6.11. The second-order valence-corrected chi connectivity index (χ2v) is 5.14. The van der Waals surface area contributed by atoms with E-state index in [1.165, 1.54) is 0 Å². The summed E-state index contributed by atoms with van der Waals surface area (Å²) in [6, 6.07) is -0.894. The van der Waals surface area contributed by atoms with Crippen molar-refractivity contribution in [3.05, 3.63) is 0 Å².